The van der Waals surface area contributed by atoms with E-state index < -0.39 is 18.3 Å². The van der Waals surface area contributed by atoms with Crippen LogP contribution in [0.1, 0.15) is 120 Å². The number of aliphatic hydroxyl groups is 4. The van der Waals surface area contributed by atoms with Crippen molar-refractivity contribution in [3.63, 3.8) is 0 Å². The van der Waals surface area contributed by atoms with E-state index in [0.29, 0.717) is 30.5 Å². The SMILES string of the molecule is C[C@@H](O)[C@@H](C)O.C[C@@H]1CC(=O)C[C@H]1O.C[C@H]1C=CC(=O)C1.C[C@H]1CCC(=O)C1.C[C@H]1CCC2(C1)O[C@H](C)[C@@H](C)O2.O=C1C=C[C@H](O)C1.[Ac].[Ac]. The largest absolute Gasteiger partial charge is 0.392 e. The van der Waals surface area contributed by atoms with Gasteiger partial charge in [0.1, 0.15) is 11.6 Å². The normalized spacial score (nSPS) is 32.8. The van der Waals surface area contributed by atoms with E-state index in [9.17, 15) is 19.2 Å². The van der Waals surface area contributed by atoms with E-state index in [1.54, 1.807) is 19.9 Å². The van der Waals surface area contributed by atoms with Gasteiger partial charge in [0, 0.05) is 139 Å². The molecule has 5 aliphatic carbocycles. The Morgan fingerprint density at radius 2 is 1.22 bits per heavy atom. The number of carbonyl (C=O) groups excluding carboxylic acids is 4. The van der Waals surface area contributed by atoms with Crippen molar-refractivity contribution in [2.75, 3.05) is 0 Å². The van der Waals surface area contributed by atoms with Crippen LogP contribution in [0.3, 0.4) is 0 Å². The van der Waals surface area contributed by atoms with Crippen molar-refractivity contribution in [2.24, 2.45) is 23.7 Å². The standard InChI is InChI=1S/C10H18O2.C6H10O2.C6H10O.C6H8O.C5H6O2.C4H10O2.2Ac/c1-7-4-5-10(6-7)11-8(2)9(3)12-10;1-4-2-5(7)3-6(4)8;2*1-5-2-3-6(7)4-5;6-4-1-2-5(7)3-4;1-3(5)4(2)6;;/h7-9H,4-6H2,1-3H3;4,6,8H,2-3H2,1H3;5H,2-4H2,1H3;2-3,5H,4H2,1H3;1-2,4,6H,3H2;3-6H,1-2H3;;/t7-,8+,9+;4-,6-;2*5-;4-;3-,4-;;/m010001../s1. The summed E-state index contributed by atoms with van der Waals surface area (Å²) >= 11 is 0. The van der Waals surface area contributed by atoms with Gasteiger partial charge in [-0.05, 0) is 76.4 Å². The van der Waals surface area contributed by atoms with Gasteiger partial charge in [-0.25, -0.2) is 0 Å². The fourth-order valence-electron chi connectivity index (χ4n) is 5.61. The smallest absolute Gasteiger partial charge is 0.169 e. The van der Waals surface area contributed by atoms with Crippen molar-refractivity contribution >= 4 is 23.1 Å². The van der Waals surface area contributed by atoms with Crippen LogP contribution >= 0.6 is 0 Å². The van der Waals surface area contributed by atoms with Crippen molar-refractivity contribution in [1.29, 1.82) is 0 Å². The zero-order valence-corrected chi connectivity index (χ0v) is 40.5. The Balaban J connectivity index is 0. The molecule has 2 radical (unpaired) electrons. The minimum Gasteiger partial charge on any atom is -0.392 e. The number of Topliss-reactive ketones (excluding diaryl/α,β-unsaturated/α-hetero) is 2. The Bertz CT molecular complexity index is 1000. The van der Waals surface area contributed by atoms with Crippen LogP contribution in [0.2, 0.25) is 0 Å². The van der Waals surface area contributed by atoms with Crippen molar-refractivity contribution < 1.29 is 137 Å². The summed E-state index contributed by atoms with van der Waals surface area (Å²) in [5, 5.41) is 34.3. The molecule has 1 aliphatic heterocycles. The predicted octanol–water partition coefficient (Wildman–Crippen LogP) is 4.82. The minimum absolute atomic E-state index is 0. The van der Waals surface area contributed by atoms with Gasteiger partial charge in [0.25, 0.3) is 0 Å². The van der Waals surface area contributed by atoms with Gasteiger partial charge < -0.3 is 29.9 Å². The summed E-state index contributed by atoms with van der Waals surface area (Å²) in [5.74, 6) is 2.88. The van der Waals surface area contributed by atoms with Gasteiger partial charge >= 0.3 is 0 Å². The third kappa shape index (κ3) is 22.6. The second kappa shape index (κ2) is 26.6. The molecular formula is C37H62Ac2O10. The molecule has 0 aromatic heterocycles. The van der Waals surface area contributed by atoms with E-state index in [1.807, 2.05) is 19.9 Å². The molecule has 4 N–H and O–H groups in total. The van der Waals surface area contributed by atoms with Crippen LogP contribution in [0.5, 0.6) is 0 Å². The van der Waals surface area contributed by atoms with Crippen LogP contribution in [0.4, 0.5) is 0 Å². The van der Waals surface area contributed by atoms with Gasteiger partial charge in [-0.15, -0.1) is 0 Å². The Labute approximate surface area is 366 Å². The molecule has 1 heterocycles. The number of hydrogen-bond acceptors (Lipinski definition) is 10. The Hall–Kier alpha value is 0.803. The maximum Gasteiger partial charge on any atom is 0.169 e. The molecule has 0 bridgehead atoms. The average Bonchev–Trinajstić information content (AvgIpc) is 3.81. The van der Waals surface area contributed by atoms with E-state index in [-0.39, 0.29) is 142 Å². The minimum atomic E-state index is -0.593. The molecule has 276 valence electrons. The third-order valence-electron chi connectivity index (χ3n) is 9.02. The van der Waals surface area contributed by atoms with Crippen LogP contribution in [0.25, 0.3) is 0 Å². The first kappa shape index (κ1) is 51.9. The van der Waals surface area contributed by atoms with E-state index >= 15 is 0 Å². The molecule has 10 atom stereocenters. The summed E-state index contributed by atoms with van der Waals surface area (Å²) in [5.41, 5.74) is 0. The maximum absolute atomic E-state index is 10.5. The Kier molecular flexibility index (Phi) is 28.1. The van der Waals surface area contributed by atoms with Gasteiger partial charge in [0.05, 0.1) is 36.6 Å². The summed E-state index contributed by atoms with van der Waals surface area (Å²) in [4.78, 5) is 41.5. The van der Waals surface area contributed by atoms with Gasteiger partial charge in [-0.1, -0.05) is 39.8 Å². The number of aliphatic hydroxyl groups excluding tert-OH is 4. The molecule has 1 spiro atoms. The van der Waals surface area contributed by atoms with Crippen LogP contribution in [0.15, 0.2) is 24.3 Å². The first-order valence-electron chi connectivity index (χ1n) is 17.4. The molecule has 0 aromatic rings. The summed E-state index contributed by atoms with van der Waals surface area (Å²) in [7, 11) is 0. The van der Waals surface area contributed by atoms with Crippen LogP contribution in [0, 0.1) is 112 Å². The molecule has 4 fully saturated rings. The third-order valence-corrected chi connectivity index (χ3v) is 9.02. The predicted molar refractivity (Wildman–Crippen MR) is 180 cm³/mol. The van der Waals surface area contributed by atoms with Crippen molar-refractivity contribution in [3.05, 3.63) is 24.3 Å². The summed E-state index contributed by atoms with van der Waals surface area (Å²) in [6.07, 6.45) is 13.2. The van der Waals surface area contributed by atoms with Crippen molar-refractivity contribution in [2.45, 2.75) is 162 Å². The molecule has 1 saturated heterocycles. The number of allylic oxidation sites excluding steroid dienone is 3. The van der Waals surface area contributed by atoms with Gasteiger partial charge in [0.15, 0.2) is 17.4 Å². The number of ether oxygens (including phenoxy) is 2. The second-order valence-electron chi connectivity index (χ2n) is 14.4. The quantitative estimate of drug-likeness (QED) is 0.286. The van der Waals surface area contributed by atoms with E-state index in [1.165, 1.54) is 18.6 Å². The van der Waals surface area contributed by atoms with E-state index in [4.69, 9.17) is 29.9 Å². The molecule has 12 heteroatoms. The fourth-order valence-corrected chi connectivity index (χ4v) is 5.61. The van der Waals surface area contributed by atoms with Crippen molar-refractivity contribution in [1.82, 2.24) is 0 Å². The molecule has 0 aromatic carbocycles. The molecule has 10 nitrogen and oxygen atoms in total. The average molecular weight is 1120 g/mol. The molecule has 0 unspecified atom stereocenters. The molecule has 6 rings (SSSR count). The van der Waals surface area contributed by atoms with Crippen LogP contribution < -0.4 is 0 Å². The van der Waals surface area contributed by atoms with Gasteiger partial charge in [-0.2, -0.15) is 0 Å². The molecule has 0 amide bonds. The van der Waals surface area contributed by atoms with Crippen LogP contribution in [-0.2, 0) is 28.7 Å². The molecular weight excluding hydrogens is 1060 g/mol. The second-order valence-corrected chi connectivity index (χ2v) is 14.4. The summed E-state index contributed by atoms with van der Waals surface area (Å²) in [6, 6.07) is 0. The number of rotatable bonds is 1. The zero-order valence-electron chi connectivity index (χ0n) is 31.0. The Morgan fingerprint density at radius 1 is 0.694 bits per heavy atom. The van der Waals surface area contributed by atoms with Gasteiger partial charge in [-0.3, -0.25) is 19.2 Å². The molecule has 49 heavy (non-hydrogen) atoms. The fraction of sp³-hybridized carbons (Fsp3) is 0.784. The number of carbonyl (C=O) groups is 4. The summed E-state index contributed by atoms with van der Waals surface area (Å²) < 4.78 is 11.7. The van der Waals surface area contributed by atoms with E-state index in [2.05, 4.69) is 27.7 Å². The molecule has 6 aliphatic rings. The number of hydrogen-bond donors (Lipinski definition) is 4. The maximum atomic E-state index is 10.5. The van der Waals surface area contributed by atoms with E-state index in [0.717, 1.165) is 44.4 Å². The molecule has 3 saturated carbocycles. The zero-order chi connectivity index (χ0) is 35.9. The number of ketones is 4. The first-order valence-corrected chi connectivity index (χ1v) is 17.4. The van der Waals surface area contributed by atoms with Crippen molar-refractivity contribution in [3.8, 4) is 0 Å². The first-order chi connectivity index (χ1) is 21.8. The summed E-state index contributed by atoms with van der Waals surface area (Å²) in [6.45, 7) is 15.6. The van der Waals surface area contributed by atoms with Crippen LogP contribution in [-0.4, -0.2) is 86.0 Å². The Morgan fingerprint density at radius 3 is 1.41 bits per heavy atom. The topological polar surface area (TPSA) is 168 Å². The van der Waals surface area contributed by atoms with Gasteiger partial charge in [0.2, 0.25) is 0 Å². The monoisotopic (exact) mass is 1120 g/mol.